The van der Waals surface area contributed by atoms with Gasteiger partial charge in [0.2, 0.25) is 11.9 Å². The summed E-state index contributed by atoms with van der Waals surface area (Å²) in [6, 6.07) is 26.9. The molecule has 0 unspecified atom stereocenters. The molecule has 0 spiro atoms. The monoisotopic (exact) mass is 610 g/mol. The van der Waals surface area contributed by atoms with Crippen LogP contribution >= 0.6 is 0 Å². The second kappa shape index (κ2) is 12.6. The molecule has 11 nitrogen and oxygen atoms in total. The van der Waals surface area contributed by atoms with Crippen LogP contribution in [0, 0.1) is 0 Å². The SMILES string of the molecule is COc1ccc(C(OC[C@H]2O[C@@H](n3ccc4c(=O)[nH]c(NC(C)=O)nc43)C[C@@H]2O)(c2ccccc2)c2ccc(OC)cc2)cc1. The van der Waals surface area contributed by atoms with Crippen molar-refractivity contribution in [3.63, 3.8) is 0 Å². The predicted octanol–water partition coefficient (Wildman–Crippen LogP) is 4.36. The molecule has 0 radical (unpaired) electrons. The Labute approximate surface area is 259 Å². The van der Waals surface area contributed by atoms with E-state index in [2.05, 4.69) is 15.3 Å². The van der Waals surface area contributed by atoms with Crippen molar-refractivity contribution in [2.45, 2.75) is 37.4 Å². The summed E-state index contributed by atoms with van der Waals surface area (Å²) >= 11 is 0. The minimum atomic E-state index is -1.08. The second-order valence-corrected chi connectivity index (χ2v) is 10.8. The highest BCUT2D eigenvalue weighted by atomic mass is 16.6. The summed E-state index contributed by atoms with van der Waals surface area (Å²) in [7, 11) is 3.24. The van der Waals surface area contributed by atoms with Crippen LogP contribution in [0.4, 0.5) is 5.95 Å². The van der Waals surface area contributed by atoms with Gasteiger partial charge in [0.05, 0.1) is 32.3 Å². The highest BCUT2D eigenvalue weighted by Gasteiger charge is 2.42. The smallest absolute Gasteiger partial charge is 0.261 e. The van der Waals surface area contributed by atoms with E-state index >= 15 is 0 Å². The number of carbonyl (C=O) groups is 1. The number of aromatic nitrogens is 3. The molecule has 6 rings (SSSR count). The van der Waals surface area contributed by atoms with E-state index in [1.807, 2.05) is 78.9 Å². The number of nitrogens with one attached hydrogen (secondary N) is 2. The zero-order chi connectivity index (χ0) is 31.6. The van der Waals surface area contributed by atoms with Crippen molar-refractivity contribution in [2.75, 3.05) is 26.1 Å². The number of carbonyl (C=O) groups excluding carboxylic acids is 1. The number of rotatable bonds is 10. The number of aromatic amines is 1. The highest BCUT2D eigenvalue weighted by molar-refractivity contribution is 5.87. The highest BCUT2D eigenvalue weighted by Crippen LogP contribution is 2.43. The lowest BCUT2D eigenvalue weighted by Crippen LogP contribution is -2.38. The van der Waals surface area contributed by atoms with Gasteiger partial charge in [-0.3, -0.25) is 19.9 Å². The van der Waals surface area contributed by atoms with E-state index in [1.54, 1.807) is 31.0 Å². The molecule has 5 aromatic rings. The zero-order valence-corrected chi connectivity index (χ0v) is 25.1. The van der Waals surface area contributed by atoms with Gasteiger partial charge in [-0.2, -0.15) is 4.98 Å². The molecule has 1 aliphatic rings. The first-order valence-corrected chi connectivity index (χ1v) is 14.5. The summed E-state index contributed by atoms with van der Waals surface area (Å²) < 4.78 is 25.9. The number of H-pyrrole nitrogens is 1. The minimum Gasteiger partial charge on any atom is -0.497 e. The van der Waals surface area contributed by atoms with Gasteiger partial charge in [0.25, 0.3) is 5.56 Å². The lowest BCUT2D eigenvalue weighted by atomic mass is 9.80. The van der Waals surface area contributed by atoms with E-state index in [0.29, 0.717) is 22.5 Å². The Hall–Kier alpha value is -4.97. The predicted molar refractivity (Wildman–Crippen MR) is 167 cm³/mol. The molecule has 0 bridgehead atoms. The third-order valence-corrected chi connectivity index (χ3v) is 8.03. The molecule has 3 N–H and O–H groups in total. The van der Waals surface area contributed by atoms with E-state index in [-0.39, 0.29) is 24.9 Å². The molecule has 3 aromatic carbocycles. The molecule has 1 saturated heterocycles. The summed E-state index contributed by atoms with van der Waals surface area (Å²) in [5.41, 5.74) is 1.45. The molecule has 11 heteroatoms. The molecule has 3 atom stereocenters. The lowest BCUT2D eigenvalue weighted by molar-refractivity contribution is -0.114. The topological polar surface area (TPSA) is 137 Å². The molecule has 0 saturated carbocycles. The van der Waals surface area contributed by atoms with Crippen molar-refractivity contribution in [1.29, 1.82) is 0 Å². The third-order valence-electron chi connectivity index (χ3n) is 8.03. The van der Waals surface area contributed by atoms with Crippen LogP contribution in [0.2, 0.25) is 0 Å². The maximum Gasteiger partial charge on any atom is 0.261 e. The van der Waals surface area contributed by atoms with Gasteiger partial charge >= 0.3 is 0 Å². The van der Waals surface area contributed by atoms with E-state index in [4.69, 9.17) is 18.9 Å². The minimum absolute atomic E-state index is 0.0324. The van der Waals surface area contributed by atoms with Crippen LogP contribution in [0.1, 0.15) is 36.3 Å². The number of hydrogen-bond acceptors (Lipinski definition) is 8. The van der Waals surface area contributed by atoms with E-state index in [0.717, 1.165) is 16.7 Å². The van der Waals surface area contributed by atoms with Crippen LogP contribution < -0.4 is 20.3 Å². The normalized spacial score (nSPS) is 18.2. The van der Waals surface area contributed by atoms with Gasteiger partial charge in [0.15, 0.2) is 5.65 Å². The fourth-order valence-electron chi connectivity index (χ4n) is 5.82. The number of amides is 1. The first-order valence-electron chi connectivity index (χ1n) is 14.5. The average Bonchev–Trinajstić information content (AvgIpc) is 3.65. The van der Waals surface area contributed by atoms with Crippen LogP contribution in [0.5, 0.6) is 11.5 Å². The molecular formula is C34H34N4O7. The Morgan fingerprint density at radius 1 is 0.978 bits per heavy atom. The van der Waals surface area contributed by atoms with E-state index < -0.39 is 29.6 Å². The fraction of sp³-hybridized carbons (Fsp3) is 0.265. The van der Waals surface area contributed by atoms with E-state index in [1.165, 1.54) is 6.92 Å². The summed E-state index contributed by atoms with van der Waals surface area (Å²) in [6.07, 6.45) is -0.272. The fourth-order valence-corrected chi connectivity index (χ4v) is 5.82. The van der Waals surface area contributed by atoms with Crippen molar-refractivity contribution < 1.29 is 28.8 Å². The molecule has 45 heavy (non-hydrogen) atoms. The second-order valence-electron chi connectivity index (χ2n) is 10.8. The van der Waals surface area contributed by atoms with Gasteiger partial charge in [-0.15, -0.1) is 0 Å². The van der Waals surface area contributed by atoms with Gasteiger partial charge < -0.3 is 28.6 Å². The Kier molecular flexibility index (Phi) is 8.40. The first-order chi connectivity index (χ1) is 21.8. The third kappa shape index (κ3) is 5.80. The van der Waals surface area contributed by atoms with Gasteiger partial charge in [-0.25, -0.2) is 0 Å². The van der Waals surface area contributed by atoms with Crippen molar-refractivity contribution in [2.24, 2.45) is 0 Å². The zero-order valence-electron chi connectivity index (χ0n) is 25.1. The Bertz CT molecular complexity index is 1790. The van der Waals surface area contributed by atoms with Gasteiger partial charge in [-0.1, -0.05) is 54.6 Å². The van der Waals surface area contributed by atoms with Gasteiger partial charge in [-0.05, 0) is 47.0 Å². The molecule has 2 aromatic heterocycles. The van der Waals surface area contributed by atoms with Crippen molar-refractivity contribution >= 4 is 22.9 Å². The van der Waals surface area contributed by atoms with E-state index in [9.17, 15) is 14.7 Å². The van der Waals surface area contributed by atoms with Crippen LogP contribution in [0.15, 0.2) is 95.9 Å². The maximum absolute atomic E-state index is 12.6. The molecule has 0 aliphatic carbocycles. The summed E-state index contributed by atoms with van der Waals surface area (Å²) in [5, 5.41) is 14.1. The van der Waals surface area contributed by atoms with Crippen LogP contribution in [-0.4, -0.2) is 58.6 Å². The number of aliphatic hydroxyl groups is 1. The number of anilines is 1. The van der Waals surface area contributed by atoms with Crippen LogP contribution in [-0.2, 0) is 19.9 Å². The average molecular weight is 611 g/mol. The quantitative estimate of drug-likeness (QED) is 0.199. The van der Waals surface area contributed by atoms with Gasteiger partial charge in [0.1, 0.15) is 29.4 Å². The maximum atomic E-state index is 12.6. The molecule has 1 aliphatic heterocycles. The lowest BCUT2D eigenvalue weighted by Gasteiger charge is -2.37. The number of ether oxygens (including phenoxy) is 4. The molecule has 1 fully saturated rings. The van der Waals surface area contributed by atoms with Crippen LogP contribution in [0.3, 0.4) is 0 Å². The largest absolute Gasteiger partial charge is 0.497 e. The molecular weight excluding hydrogens is 576 g/mol. The van der Waals surface area contributed by atoms with Crippen molar-refractivity contribution in [3.05, 3.63) is 118 Å². The number of benzene rings is 3. The van der Waals surface area contributed by atoms with Crippen LogP contribution in [0.25, 0.3) is 11.0 Å². The van der Waals surface area contributed by atoms with Crippen molar-refractivity contribution in [1.82, 2.24) is 14.5 Å². The Morgan fingerprint density at radius 2 is 1.58 bits per heavy atom. The van der Waals surface area contributed by atoms with Gasteiger partial charge in [0, 0.05) is 19.5 Å². The number of fused-ring (bicyclic) bond motifs is 1. The summed E-state index contributed by atoms with van der Waals surface area (Å²) in [6.45, 7) is 1.37. The number of methoxy groups -OCH3 is 2. The standard InChI is InChI=1S/C34H34N4O7/c1-21(39)35-33-36-31-27(32(41)37-33)17-18-38(31)30-19-28(40)29(45-30)20-44-34(22-7-5-4-6-8-22,23-9-13-25(42-2)14-10-23)24-11-15-26(43-3)16-12-24/h4-18,28-30,40H,19-20H2,1-3H3,(H2,35,36,37,39,41)/t28-,29+,30+/m0/s1. The number of hydrogen-bond donors (Lipinski definition) is 3. The number of aliphatic hydroxyl groups excluding tert-OH is 1. The number of nitrogens with zero attached hydrogens (tertiary/aromatic N) is 2. The van der Waals surface area contributed by atoms with Crippen molar-refractivity contribution in [3.8, 4) is 11.5 Å². The molecule has 3 heterocycles. The molecule has 1 amide bonds. The first kappa shape index (κ1) is 30.1. The molecule has 232 valence electrons. The Morgan fingerprint density at radius 3 is 2.16 bits per heavy atom. The Balaban J connectivity index is 1.35. The summed E-state index contributed by atoms with van der Waals surface area (Å²) in [5.74, 6) is 1.09. The summed E-state index contributed by atoms with van der Waals surface area (Å²) in [4.78, 5) is 31.2.